The van der Waals surface area contributed by atoms with E-state index in [1.165, 1.54) is 6.42 Å². The maximum absolute atomic E-state index is 12.2. The van der Waals surface area contributed by atoms with Gasteiger partial charge in [0.15, 0.2) is 0 Å². The largest absolute Gasteiger partial charge is 0.393 e. The summed E-state index contributed by atoms with van der Waals surface area (Å²) >= 11 is 0. The van der Waals surface area contributed by atoms with Gasteiger partial charge in [0.05, 0.1) is 17.6 Å². The molecule has 0 aliphatic heterocycles. The highest BCUT2D eigenvalue weighted by Crippen LogP contribution is 2.73. The summed E-state index contributed by atoms with van der Waals surface area (Å²) in [5.41, 5.74) is 0.262. The third-order valence-electron chi connectivity index (χ3n) is 10.2. The summed E-state index contributed by atoms with van der Waals surface area (Å²) in [6.45, 7) is 4.84. The van der Waals surface area contributed by atoms with Crippen molar-refractivity contribution in [1.29, 1.82) is 5.26 Å². The van der Waals surface area contributed by atoms with Crippen LogP contribution in [0.3, 0.4) is 0 Å². The summed E-state index contributed by atoms with van der Waals surface area (Å²) < 4.78 is 0. The van der Waals surface area contributed by atoms with Crippen LogP contribution in [0.2, 0.25) is 0 Å². The van der Waals surface area contributed by atoms with Gasteiger partial charge in [0, 0.05) is 12.8 Å². The number of hydrogen-bond donors (Lipinski definition) is 1. The fourth-order valence-electron chi connectivity index (χ4n) is 8.52. The molecular weight excluding hydrogens is 310 g/mol. The first-order valence-electron chi connectivity index (χ1n) is 10.5. The molecule has 25 heavy (non-hydrogen) atoms. The second-order valence-corrected chi connectivity index (χ2v) is 10.6. The number of aliphatic hydroxyl groups is 1. The Bertz CT molecular complexity index is 667. The summed E-state index contributed by atoms with van der Waals surface area (Å²) in [7, 11) is 0. The van der Waals surface area contributed by atoms with Gasteiger partial charge in [-0.3, -0.25) is 4.79 Å². The minimum Gasteiger partial charge on any atom is -0.393 e. The number of hydrogen-bond acceptors (Lipinski definition) is 3. The van der Waals surface area contributed by atoms with Gasteiger partial charge in [0.2, 0.25) is 0 Å². The molecule has 3 heteroatoms. The molecule has 136 valence electrons. The number of ketones is 1. The van der Waals surface area contributed by atoms with E-state index in [4.69, 9.17) is 0 Å². The Morgan fingerprint density at radius 1 is 1.04 bits per heavy atom. The highest BCUT2D eigenvalue weighted by molar-refractivity contribution is 5.80. The molecule has 0 saturated heterocycles. The topological polar surface area (TPSA) is 61.1 Å². The van der Waals surface area contributed by atoms with Gasteiger partial charge in [-0.25, -0.2) is 0 Å². The van der Waals surface area contributed by atoms with E-state index in [-0.39, 0.29) is 22.3 Å². The van der Waals surface area contributed by atoms with Gasteiger partial charge in [-0.05, 0) is 85.4 Å². The van der Waals surface area contributed by atoms with Crippen LogP contribution in [-0.2, 0) is 4.79 Å². The van der Waals surface area contributed by atoms with Crippen LogP contribution in [0.4, 0.5) is 0 Å². The predicted octanol–water partition coefficient (Wildman–Crippen LogP) is 4.10. The number of carbonyl (C=O) groups is 1. The Balaban J connectivity index is 1.51. The van der Waals surface area contributed by atoms with E-state index in [1.807, 2.05) is 0 Å². The summed E-state index contributed by atoms with van der Waals surface area (Å²) in [5.74, 6) is 3.09. The number of carbonyl (C=O) groups excluding carboxylic acids is 1. The Morgan fingerprint density at radius 2 is 1.80 bits per heavy atom. The lowest BCUT2D eigenvalue weighted by molar-refractivity contribution is -0.160. The normalized spacial score (nSPS) is 59.7. The molecule has 5 saturated carbocycles. The number of rotatable bonds is 0. The third kappa shape index (κ3) is 1.78. The molecule has 0 radical (unpaired) electrons. The fraction of sp³-hybridized carbons (Fsp3) is 0.909. The van der Waals surface area contributed by atoms with Crippen molar-refractivity contribution >= 4 is 5.78 Å². The number of aliphatic hydroxyl groups excluding tert-OH is 1. The van der Waals surface area contributed by atoms with Gasteiger partial charge in [0.1, 0.15) is 5.78 Å². The molecule has 0 aromatic heterocycles. The number of nitriles is 1. The van der Waals surface area contributed by atoms with Crippen LogP contribution >= 0.6 is 0 Å². The smallest absolute Gasteiger partial charge is 0.133 e. The number of fused-ring (bicyclic) bond motifs is 7. The molecule has 5 rings (SSSR count). The van der Waals surface area contributed by atoms with Crippen LogP contribution in [0.5, 0.6) is 0 Å². The zero-order valence-electron chi connectivity index (χ0n) is 15.6. The van der Waals surface area contributed by atoms with Crippen molar-refractivity contribution in [2.75, 3.05) is 0 Å². The molecule has 0 amide bonds. The van der Waals surface area contributed by atoms with Crippen molar-refractivity contribution in [3.8, 4) is 6.07 Å². The average molecular weight is 341 g/mol. The molecule has 9 atom stereocenters. The molecule has 0 heterocycles. The number of nitrogens with zero attached hydrogens (tertiary/aromatic N) is 1. The standard InChI is InChI=1S/C22H31NO2/c1-20-6-4-14-16(21(20,2)7-3-13(24)11-20)5-8-22(12-23)17(14)9-15-18(22)10-19(15)25/h14-19,25H,3-11H2,1-2H3/t14?,15?,16?,17?,18?,19-,20?,21-,22-/m1/s1. The van der Waals surface area contributed by atoms with Gasteiger partial charge in [-0.2, -0.15) is 5.26 Å². The van der Waals surface area contributed by atoms with Gasteiger partial charge in [-0.15, -0.1) is 0 Å². The molecule has 3 nitrogen and oxygen atoms in total. The summed E-state index contributed by atoms with van der Waals surface area (Å²) in [5, 5.41) is 20.4. The third-order valence-corrected chi connectivity index (χ3v) is 10.2. The SMILES string of the molecule is CC12CCC3C4CC5C(C[C@H]5O)[C@@]4(C#N)CCC3[C@@]1(C)CCC(=O)C2. The van der Waals surface area contributed by atoms with Gasteiger partial charge in [0.25, 0.3) is 0 Å². The lowest BCUT2D eigenvalue weighted by atomic mass is 9.40. The highest BCUT2D eigenvalue weighted by atomic mass is 16.3. The Kier molecular flexibility index (Phi) is 3.19. The molecule has 5 aliphatic rings. The Hall–Kier alpha value is -0.880. The van der Waals surface area contributed by atoms with Crippen molar-refractivity contribution in [2.24, 2.45) is 45.8 Å². The first-order valence-corrected chi connectivity index (χ1v) is 10.5. The zero-order valence-corrected chi connectivity index (χ0v) is 15.6. The van der Waals surface area contributed by atoms with E-state index >= 15 is 0 Å². The first kappa shape index (κ1) is 16.3. The molecule has 0 aromatic carbocycles. The van der Waals surface area contributed by atoms with E-state index in [9.17, 15) is 15.2 Å². The van der Waals surface area contributed by atoms with Crippen LogP contribution in [0, 0.1) is 57.2 Å². The molecule has 0 bridgehead atoms. The van der Waals surface area contributed by atoms with Crippen LogP contribution < -0.4 is 0 Å². The maximum Gasteiger partial charge on any atom is 0.133 e. The fourth-order valence-corrected chi connectivity index (χ4v) is 8.52. The van der Waals surface area contributed by atoms with E-state index in [0.717, 1.165) is 51.4 Å². The highest BCUT2D eigenvalue weighted by Gasteiger charge is 2.69. The van der Waals surface area contributed by atoms with Crippen LogP contribution in [-0.4, -0.2) is 17.0 Å². The van der Waals surface area contributed by atoms with E-state index in [2.05, 4.69) is 19.9 Å². The lowest BCUT2D eigenvalue weighted by Gasteiger charge is -2.63. The van der Waals surface area contributed by atoms with Crippen molar-refractivity contribution in [2.45, 2.75) is 77.7 Å². The van der Waals surface area contributed by atoms with Crippen LogP contribution in [0.15, 0.2) is 0 Å². The second kappa shape index (κ2) is 4.89. The predicted molar refractivity (Wildman–Crippen MR) is 94.3 cm³/mol. The Morgan fingerprint density at radius 3 is 2.52 bits per heavy atom. The minimum atomic E-state index is -0.156. The molecule has 5 aliphatic carbocycles. The molecule has 1 N–H and O–H groups in total. The van der Waals surface area contributed by atoms with Crippen molar-refractivity contribution in [1.82, 2.24) is 0 Å². The van der Waals surface area contributed by atoms with E-state index in [1.54, 1.807) is 0 Å². The quantitative estimate of drug-likeness (QED) is 0.721. The maximum atomic E-state index is 12.2. The van der Waals surface area contributed by atoms with Gasteiger partial charge < -0.3 is 5.11 Å². The molecule has 6 unspecified atom stereocenters. The average Bonchev–Trinajstić information content (AvgIpc) is 2.85. The monoisotopic (exact) mass is 341 g/mol. The first-order chi connectivity index (χ1) is 11.8. The van der Waals surface area contributed by atoms with Gasteiger partial charge in [-0.1, -0.05) is 13.8 Å². The zero-order chi connectivity index (χ0) is 17.6. The molecule has 0 aromatic rings. The molecule has 0 spiro atoms. The summed E-state index contributed by atoms with van der Waals surface area (Å²) in [4.78, 5) is 12.2. The van der Waals surface area contributed by atoms with Crippen LogP contribution in [0.1, 0.15) is 71.6 Å². The van der Waals surface area contributed by atoms with Crippen molar-refractivity contribution in [3.63, 3.8) is 0 Å². The van der Waals surface area contributed by atoms with E-state index < -0.39 is 0 Å². The Labute approximate surface area is 151 Å². The van der Waals surface area contributed by atoms with Gasteiger partial charge >= 0.3 is 0 Å². The second-order valence-electron chi connectivity index (χ2n) is 10.6. The summed E-state index contributed by atoms with van der Waals surface area (Å²) in [6, 6.07) is 2.80. The minimum absolute atomic E-state index is 0.153. The lowest BCUT2D eigenvalue weighted by Crippen LogP contribution is -2.58. The summed E-state index contributed by atoms with van der Waals surface area (Å²) in [6.07, 6.45) is 8.87. The molecular formula is C22H31NO2. The van der Waals surface area contributed by atoms with Crippen molar-refractivity contribution < 1.29 is 9.90 Å². The van der Waals surface area contributed by atoms with Crippen molar-refractivity contribution in [3.05, 3.63) is 0 Å². The van der Waals surface area contributed by atoms with Crippen LogP contribution in [0.25, 0.3) is 0 Å². The molecule has 5 fully saturated rings. The number of Topliss-reactive ketones (excluding diaryl/α,β-unsaturated/α-hetero) is 1. The van der Waals surface area contributed by atoms with E-state index in [0.29, 0.717) is 35.4 Å².